The van der Waals surface area contributed by atoms with Gasteiger partial charge in [-0.1, -0.05) is 6.07 Å². The standard InChI is InChI=1S/C16H17N5O4/c22-20(23)14-3-4-15(16(10-14)21(24)25)19-8-6-18(7-9-19)12-13-2-1-5-17-11-13/h1-5,10-11H,6-9,12H2. The van der Waals surface area contributed by atoms with Crippen molar-refractivity contribution in [1.82, 2.24) is 9.88 Å². The number of nitrogens with zero attached hydrogens (tertiary/aromatic N) is 5. The first-order valence-corrected chi connectivity index (χ1v) is 7.83. The van der Waals surface area contributed by atoms with Crippen LogP contribution in [0.5, 0.6) is 0 Å². The zero-order chi connectivity index (χ0) is 17.8. The van der Waals surface area contributed by atoms with Gasteiger partial charge in [-0.3, -0.25) is 30.1 Å². The Morgan fingerprint density at radius 1 is 1.04 bits per heavy atom. The number of nitro benzene ring substituents is 2. The van der Waals surface area contributed by atoms with E-state index in [4.69, 9.17) is 0 Å². The molecule has 2 aromatic rings. The third kappa shape index (κ3) is 3.89. The van der Waals surface area contributed by atoms with Gasteiger partial charge in [0, 0.05) is 51.2 Å². The van der Waals surface area contributed by atoms with Crippen LogP contribution < -0.4 is 4.90 Å². The lowest BCUT2D eigenvalue weighted by Gasteiger charge is -2.35. The molecule has 25 heavy (non-hydrogen) atoms. The quantitative estimate of drug-likeness (QED) is 0.605. The van der Waals surface area contributed by atoms with E-state index in [0.717, 1.165) is 31.3 Å². The van der Waals surface area contributed by atoms with Gasteiger partial charge in [0.1, 0.15) is 5.69 Å². The van der Waals surface area contributed by atoms with Crippen molar-refractivity contribution in [1.29, 1.82) is 0 Å². The van der Waals surface area contributed by atoms with E-state index in [2.05, 4.69) is 9.88 Å². The number of pyridine rings is 1. The molecule has 0 atom stereocenters. The van der Waals surface area contributed by atoms with Crippen LogP contribution in [-0.4, -0.2) is 45.9 Å². The fourth-order valence-corrected chi connectivity index (χ4v) is 2.94. The Morgan fingerprint density at radius 3 is 2.40 bits per heavy atom. The number of non-ortho nitro benzene ring substituents is 1. The van der Waals surface area contributed by atoms with Gasteiger partial charge in [-0.05, 0) is 17.7 Å². The topological polar surface area (TPSA) is 106 Å². The Labute approximate surface area is 143 Å². The smallest absolute Gasteiger partial charge is 0.299 e. The summed E-state index contributed by atoms with van der Waals surface area (Å²) < 4.78 is 0. The third-order valence-corrected chi connectivity index (χ3v) is 4.21. The molecule has 1 saturated heterocycles. The fraction of sp³-hybridized carbons (Fsp3) is 0.312. The molecule has 0 amide bonds. The molecule has 1 aliphatic heterocycles. The maximum atomic E-state index is 11.3. The molecule has 1 fully saturated rings. The predicted octanol–water partition coefficient (Wildman–Crippen LogP) is 2.22. The maximum Gasteiger partial charge on any atom is 0.299 e. The van der Waals surface area contributed by atoms with E-state index in [1.165, 1.54) is 12.1 Å². The van der Waals surface area contributed by atoms with E-state index in [1.807, 2.05) is 23.2 Å². The van der Waals surface area contributed by atoms with Crippen LogP contribution in [0.3, 0.4) is 0 Å². The molecule has 0 unspecified atom stereocenters. The van der Waals surface area contributed by atoms with E-state index in [0.29, 0.717) is 18.8 Å². The highest BCUT2D eigenvalue weighted by Crippen LogP contribution is 2.32. The first-order chi connectivity index (χ1) is 12.0. The SMILES string of the molecule is O=[N+]([O-])c1ccc(N2CCN(Cc3cccnc3)CC2)c([N+](=O)[O-])c1. The largest absolute Gasteiger partial charge is 0.363 e. The van der Waals surface area contributed by atoms with Crippen molar-refractivity contribution in [2.24, 2.45) is 0 Å². The molecule has 1 aliphatic rings. The van der Waals surface area contributed by atoms with E-state index >= 15 is 0 Å². The molecular weight excluding hydrogens is 326 g/mol. The second kappa shape index (κ2) is 7.22. The summed E-state index contributed by atoms with van der Waals surface area (Å²) in [4.78, 5) is 29.2. The van der Waals surface area contributed by atoms with Gasteiger partial charge in [0.25, 0.3) is 11.4 Å². The monoisotopic (exact) mass is 343 g/mol. The van der Waals surface area contributed by atoms with Crippen LogP contribution in [0.1, 0.15) is 5.56 Å². The molecule has 9 heteroatoms. The third-order valence-electron chi connectivity index (χ3n) is 4.21. The molecule has 0 bridgehead atoms. The van der Waals surface area contributed by atoms with E-state index < -0.39 is 9.85 Å². The highest BCUT2D eigenvalue weighted by molar-refractivity contribution is 5.67. The summed E-state index contributed by atoms with van der Waals surface area (Å²) in [6, 6.07) is 7.71. The fourth-order valence-electron chi connectivity index (χ4n) is 2.94. The van der Waals surface area contributed by atoms with E-state index in [1.54, 1.807) is 6.20 Å². The predicted molar refractivity (Wildman–Crippen MR) is 91.5 cm³/mol. The van der Waals surface area contributed by atoms with Gasteiger partial charge in [-0.15, -0.1) is 0 Å². The van der Waals surface area contributed by atoms with Crippen molar-refractivity contribution in [3.05, 3.63) is 68.5 Å². The van der Waals surface area contributed by atoms with Crippen LogP contribution in [0.25, 0.3) is 0 Å². The van der Waals surface area contributed by atoms with E-state index in [9.17, 15) is 20.2 Å². The summed E-state index contributed by atoms with van der Waals surface area (Å²) in [6.45, 7) is 3.54. The summed E-state index contributed by atoms with van der Waals surface area (Å²) in [5.41, 5.74) is 1.05. The molecule has 0 aliphatic carbocycles. The number of hydrogen-bond acceptors (Lipinski definition) is 7. The molecule has 0 spiro atoms. The van der Waals surface area contributed by atoms with Crippen molar-refractivity contribution in [3.63, 3.8) is 0 Å². The van der Waals surface area contributed by atoms with Gasteiger partial charge in [0.15, 0.2) is 0 Å². The summed E-state index contributed by atoms with van der Waals surface area (Å²) >= 11 is 0. The summed E-state index contributed by atoms with van der Waals surface area (Å²) in [6.07, 6.45) is 3.56. The van der Waals surface area contributed by atoms with Crippen molar-refractivity contribution in [3.8, 4) is 0 Å². The number of benzene rings is 1. The van der Waals surface area contributed by atoms with Crippen LogP contribution in [0.2, 0.25) is 0 Å². The summed E-state index contributed by atoms with van der Waals surface area (Å²) in [7, 11) is 0. The highest BCUT2D eigenvalue weighted by atomic mass is 16.6. The Hall–Kier alpha value is -3.07. The molecule has 3 rings (SSSR count). The summed E-state index contributed by atoms with van der Waals surface area (Å²) in [5.74, 6) is 0. The second-order valence-electron chi connectivity index (χ2n) is 5.81. The lowest BCUT2D eigenvalue weighted by atomic mass is 10.2. The number of hydrogen-bond donors (Lipinski definition) is 0. The maximum absolute atomic E-state index is 11.3. The normalized spacial score (nSPS) is 15.1. The molecule has 9 nitrogen and oxygen atoms in total. The molecule has 0 saturated carbocycles. The zero-order valence-corrected chi connectivity index (χ0v) is 13.4. The first-order valence-electron chi connectivity index (χ1n) is 7.83. The Morgan fingerprint density at radius 2 is 1.80 bits per heavy atom. The average molecular weight is 343 g/mol. The lowest BCUT2D eigenvalue weighted by molar-refractivity contribution is -0.393. The average Bonchev–Trinajstić information content (AvgIpc) is 2.62. The zero-order valence-electron chi connectivity index (χ0n) is 13.4. The van der Waals surface area contributed by atoms with E-state index in [-0.39, 0.29) is 11.4 Å². The van der Waals surface area contributed by atoms with Crippen LogP contribution in [-0.2, 0) is 6.54 Å². The second-order valence-corrected chi connectivity index (χ2v) is 5.81. The number of nitro groups is 2. The van der Waals surface area contributed by atoms with Gasteiger partial charge >= 0.3 is 0 Å². The number of rotatable bonds is 5. The number of anilines is 1. The van der Waals surface area contributed by atoms with Crippen LogP contribution in [0, 0.1) is 20.2 Å². The Balaban J connectivity index is 1.70. The number of aromatic nitrogens is 1. The van der Waals surface area contributed by atoms with Crippen molar-refractivity contribution >= 4 is 17.1 Å². The molecule has 1 aromatic carbocycles. The minimum absolute atomic E-state index is 0.227. The molecule has 2 heterocycles. The van der Waals surface area contributed by atoms with Gasteiger partial charge in [-0.2, -0.15) is 0 Å². The van der Waals surface area contributed by atoms with Crippen LogP contribution in [0.4, 0.5) is 17.1 Å². The van der Waals surface area contributed by atoms with Gasteiger partial charge < -0.3 is 4.90 Å². The molecule has 0 N–H and O–H groups in total. The number of piperazine rings is 1. The van der Waals surface area contributed by atoms with Crippen molar-refractivity contribution < 1.29 is 9.85 Å². The molecule has 1 aromatic heterocycles. The lowest BCUT2D eigenvalue weighted by Crippen LogP contribution is -2.46. The van der Waals surface area contributed by atoms with Crippen molar-refractivity contribution in [2.45, 2.75) is 6.54 Å². The van der Waals surface area contributed by atoms with Crippen LogP contribution >= 0.6 is 0 Å². The minimum atomic E-state index is -0.622. The van der Waals surface area contributed by atoms with Crippen LogP contribution in [0.15, 0.2) is 42.7 Å². The highest BCUT2D eigenvalue weighted by Gasteiger charge is 2.26. The van der Waals surface area contributed by atoms with Gasteiger partial charge in [0.2, 0.25) is 0 Å². The molecule has 0 radical (unpaired) electrons. The Kier molecular flexibility index (Phi) is 4.85. The first kappa shape index (κ1) is 16.8. The van der Waals surface area contributed by atoms with Gasteiger partial charge in [-0.25, -0.2) is 0 Å². The molecular formula is C16H17N5O4. The van der Waals surface area contributed by atoms with Crippen molar-refractivity contribution in [2.75, 3.05) is 31.1 Å². The molecule has 130 valence electrons. The minimum Gasteiger partial charge on any atom is -0.363 e. The van der Waals surface area contributed by atoms with Gasteiger partial charge in [0.05, 0.1) is 15.9 Å². The Bertz CT molecular complexity index is 775. The summed E-state index contributed by atoms with van der Waals surface area (Å²) in [5, 5.41) is 22.1.